The van der Waals surface area contributed by atoms with Crippen LogP contribution in [-0.2, 0) is 0 Å². The van der Waals surface area contributed by atoms with Crippen LogP contribution in [0.15, 0.2) is 162 Å². The minimum Gasteiger partial charge on any atom is -0.455 e. The zero-order valence-corrected chi connectivity index (χ0v) is 24.4. The molecule has 0 saturated heterocycles. The molecule has 0 aliphatic carbocycles. The average Bonchev–Trinajstić information content (AvgIpc) is 3.77. The molecule has 9 rings (SSSR count). The Kier molecular flexibility index (Phi) is 2.70. The molecule has 0 aliphatic heterocycles. The van der Waals surface area contributed by atoms with Gasteiger partial charge >= 0.3 is 0 Å². The third-order valence-electron chi connectivity index (χ3n) is 7.94. The predicted octanol–water partition coefficient (Wildman–Crippen LogP) is 13.2. The number of benzene rings is 8. The van der Waals surface area contributed by atoms with Crippen LogP contribution >= 0.6 is 0 Å². The maximum Gasteiger partial charge on any atom is 0.143 e. The highest BCUT2D eigenvalue weighted by Gasteiger charge is 2.19. The summed E-state index contributed by atoms with van der Waals surface area (Å²) in [5.74, 6) is 0. The van der Waals surface area contributed by atoms with Crippen molar-refractivity contribution in [3.63, 3.8) is 0 Å². The summed E-state index contributed by atoms with van der Waals surface area (Å²) in [5, 5.41) is -3.77. The molecule has 8 aromatic carbocycles. The van der Waals surface area contributed by atoms with E-state index in [0.717, 1.165) is 0 Å². The van der Waals surface area contributed by atoms with E-state index < -0.39 is 233 Å². The zero-order valence-electron chi connectivity index (χ0n) is 50.4. The second-order valence-corrected chi connectivity index (χ2v) is 10.5. The summed E-state index contributed by atoms with van der Waals surface area (Å²) in [4.78, 5) is 0. The summed E-state index contributed by atoms with van der Waals surface area (Å²) in [6.45, 7) is 2.90. The molecule has 0 radical (unpaired) electrons. The normalized spacial score (nSPS) is 19.4. The van der Waals surface area contributed by atoms with Crippen molar-refractivity contribution in [2.75, 3.05) is 0 Å². The van der Waals surface area contributed by atoms with Crippen molar-refractivity contribution in [1.29, 1.82) is 0 Å². The first-order chi connectivity index (χ1) is 34.0. The van der Waals surface area contributed by atoms with E-state index in [9.17, 15) is 12.3 Å². The molecule has 0 unspecified atom stereocenters. The van der Waals surface area contributed by atoms with Crippen LogP contribution in [0.4, 0.5) is 0 Å². The Bertz CT molecular complexity index is 3980. The molecule has 0 aliphatic rings. The van der Waals surface area contributed by atoms with E-state index >= 15 is 0 Å². The van der Waals surface area contributed by atoms with Crippen LogP contribution in [0, 0.1) is 13.8 Å². The van der Waals surface area contributed by atoms with Crippen LogP contribution in [0.5, 0.6) is 0 Å². The zero-order chi connectivity index (χ0) is 54.1. The lowest BCUT2D eigenvalue weighted by Crippen LogP contribution is -1.92. The van der Waals surface area contributed by atoms with Gasteiger partial charge in [-0.05, 0) is 104 Å². The molecule has 0 amide bonds. The van der Waals surface area contributed by atoms with Crippen molar-refractivity contribution in [3.8, 4) is 44.5 Å². The van der Waals surface area contributed by atoms with Crippen LogP contribution in [0.3, 0.4) is 0 Å². The molecule has 0 atom stereocenters. The van der Waals surface area contributed by atoms with Crippen molar-refractivity contribution < 1.29 is 40.1 Å². The van der Waals surface area contributed by atoms with Crippen LogP contribution in [0.2, 0.25) is 0 Å². The fourth-order valence-corrected chi connectivity index (χ4v) is 5.62. The van der Waals surface area contributed by atoms with Gasteiger partial charge in [-0.25, -0.2) is 0 Å². The molecule has 0 bridgehead atoms. The monoisotopic (exact) mass is 626 g/mol. The molecule has 9 aromatic rings. The summed E-state index contributed by atoms with van der Waals surface area (Å²) in [6.07, 6.45) is 0. The minimum absolute atomic E-state index is 0.138. The quantitative estimate of drug-likeness (QED) is 0.177. The lowest BCUT2D eigenvalue weighted by Gasteiger charge is -2.18. The largest absolute Gasteiger partial charge is 0.455 e. The molecular weight excluding hydrogens is 569 g/mol. The van der Waals surface area contributed by atoms with Gasteiger partial charge in [-0.2, -0.15) is 0 Å². The Morgan fingerprint density at radius 2 is 0.936 bits per heavy atom. The van der Waals surface area contributed by atoms with Gasteiger partial charge in [-0.3, -0.25) is 0 Å². The Balaban J connectivity index is 1.57. The first-order valence-corrected chi connectivity index (χ1v) is 14.2. The van der Waals surface area contributed by atoms with E-state index in [0.29, 0.717) is 0 Å². The van der Waals surface area contributed by atoms with Crippen molar-refractivity contribution in [2.24, 2.45) is 0 Å². The molecule has 47 heavy (non-hydrogen) atoms. The SMILES string of the molecule is [2H]c1c([2H])c([2H])c(-c2c([2H])c([2H])c([2H])c3c2oc2c([2H])c(-c4c5c([2H])c([2H])c([2H])c([2H])c5c(-c5c([2H])c([2H])c([2H])c(-c6c([2H])c([2H])c([2H])c(C)c6C)c5[2H])c5c([2H])c([2H])c([2H])c([2H])c45)c([2H])c([2H])c23)c([2H])c1[2H]. The molecule has 0 saturated carbocycles. The van der Waals surface area contributed by atoms with Gasteiger partial charge < -0.3 is 4.42 Å². The Morgan fingerprint density at radius 1 is 0.404 bits per heavy atom. The number of hydrogen-bond acceptors (Lipinski definition) is 1. The molecule has 0 spiro atoms. The molecule has 1 heteroatoms. The Morgan fingerprint density at radius 3 is 1.64 bits per heavy atom. The van der Waals surface area contributed by atoms with Crippen molar-refractivity contribution in [1.82, 2.24) is 0 Å². The number of furan rings is 1. The number of hydrogen-bond donors (Lipinski definition) is 0. The molecule has 1 aromatic heterocycles. The van der Waals surface area contributed by atoms with Crippen LogP contribution in [0.25, 0.3) is 88.0 Å². The number of para-hydroxylation sites is 1. The molecule has 1 heterocycles. The van der Waals surface area contributed by atoms with Crippen LogP contribution in [0.1, 0.15) is 46.8 Å². The number of fused-ring (bicyclic) bond motifs is 5. The van der Waals surface area contributed by atoms with Crippen LogP contribution < -0.4 is 0 Å². The smallest absolute Gasteiger partial charge is 0.143 e. The van der Waals surface area contributed by atoms with Gasteiger partial charge in [-0.1, -0.05) is 139 Å². The highest BCUT2D eigenvalue weighted by molar-refractivity contribution is 6.22. The third kappa shape index (κ3) is 4.39. The van der Waals surface area contributed by atoms with E-state index in [1.54, 1.807) is 0 Å². The van der Waals surface area contributed by atoms with Gasteiger partial charge in [0.15, 0.2) is 0 Å². The van der Waals surface area contributed by atoms with Crippen molar-refractivity contribution in [2.45, 2.75) is 13.8 Å². The van der Waals surface area contributed by atoms with Crippen molar-refractivity contribution in [3.05, 3.63) is 168 Å². The highest BCUT2D eigenvalue weighted by atomic mass is 16.3. The average molecular weight is 627 g/mol. The van der Waals surface area contributed by atoms with Crippen LogP contribution in [-0.4, -0.2) is 0 Å². The van der Waals surface area contributed by atoms with E-state index in [4.69, 9.17) is 27.7 Å². The topological polar surface area (TPSA) is 13.1 Å². The predicted molar refractivity (Wildman–Crippen MR) is 200 cm³/mol. The van der Waals surface area contributed by atoms with E-state index in [-0.39, 0.29) is 22.7 Å². The Hall–Kier alpha value is -5.92. The summed E-state index contributed by atoms with van der Waals surface area (Å²) in [7, 11) is 0. The first kappa shape index (κ1) is 11.7. The van der Waals surface area contributed by atoms with Gasteiger partial charge in [0.05, 0.1) is 35.6 Å². The van der Waals surface area contributed by atoms with Gasteiger partial charge in [0.25, 0.3) is 0 Å². The molecule has 0 fully saturated rings. The van der Waals surface area contributed by atoms with Gasteiger partial charge in [-0.15, -0.1) is 0 Å². The van der Waals surface area contributed by atoms with E-state index in [1.165, 1.54) is 13.8 Å². The second-order valence-electron chi connectivity index (χ2n) is 10.5. The molecular formula is C46H32O. The molecule has 222 valence electrons. The lowest BCUT2D eigenvalue weighted by atomic mass is 9.85. The minimum atomic E-state index is -0.977. The summed E-state index contributed by atoms with van der Waals surface area (Å²) in [6, 6.07) is -22.2. The van der Waals surface area contributed by atoms with Crippen molar-refractivity contribution >= 4 is 43.5 Å². The summed E-state index contributed by atoms with van der Waals surface area (Å²) >= 11 is 0. The third-order valence-corrected chi connectivity index (χ3v) is 7.94. The van der Waals surface area contributed by atoms with Gasteiger partial charge in [0, 0.05) is 16.3 Å². The Labute approximate surface area is 310 Å². The van der Waals surface area contributed by atoms with Gasteiger partial charge in [0.2, 0.25) is 0 Å². The summed E-state index contributed by atoms with van der Waals surface area (Å²) < 4.78 is 240. The molecule has 0 N–H and O–H groups in total. The van der Waals surface area contributed by atoms with E-state index in [2.05, 4.69) is 0 Å². The maximum absolute atomic E-state index is 9.78. The van der Waals surface area contributed by atoms with E-state index in [1.807, 2.05) is 0 Å². The first-order valence-electron chi connectivity index (χ1n) is 27.2. The number of rotatable bonds is 4. The fraction of sp³-hybridized carbons (Fsp3) is 0.0435. The maximum atomic E-state index is 9.78. The second kappa shape index (κ2) is 10.9. The fourth-order valence-electron chi connectivity index (χ4n) is 5.62. The lowest BCUT2D eigenvalue weighted by molar-refractivity contribution is 0.670. The van der Waals surface area contributed by atoms with Gasteiger partial charge in [0.1, 0.15) is 11.2 Å². The standard InChI is InChI=1S/C46H32O/c1-29-13-10-22-35(30(29)2)32-16-11-17-33(27-32)44-38-18-6-8-20-40(38)45(41-21-9-7-19-39(41)44)34-25-26-37-42-24-12-23-36(31-14-4-3-5-15-31)46(42)47-43(37)28-34/h3-28H,1-2H3/i3D,4D,5D,6D,7D,8D,9D,10D,11D,12D,13D,14D,15D,16D,17D,18D,19D,20D,21D,22D,23D,24D,25D,26D,27D,28D. The molecule has 1 nitrogen and oxygen atoms in total. The summed E-state index contributed by atoms with van der Waals surface area (Å²) in [5.41, 5.74) is -5.91. The highest BCUT2D eigenvalue weighted by Crippen LogP contribution is 2.45.